The van der Waals surface area contributed by atoms with E-state index in [2.05, 4.69) is 10.3 Å². The minimum atomic E-state index is -0.226. The van der Waals surface area contributed by atoms with Crippen LogP contribution in [0.25, 0.3) is 0 Å². The van der Waals surface area contributed by atoms with Crippen LogP contribution in [-0.2, 0) is 6.42 Å². The van der Waals surface area contributed by atoms with E-state index < -0.39 is 0 Å². The van der Waals surface area contributed by atoms with E-state index in [0.29, 0.717) is 6.42 Å². The maximum atomic E-state index is 9.43. The van der Waals surface area contributed by atoms with Crippen molar-refractivity contribution in [2.45, 2.75) is 12.5 Å². The van der Waals surface area contributed by atoms with Gasteiger partial charge >= 0.3 is 0 Å². The average molecular weight is 233 g/mol. The summed E-state index contributed by atoms with van der Waals surface area (Å²) < 4.78 is 1.63. The smallest absolute Gasteiger partial charge is 0.102 e. The molecule has 5 nitrogen and oxygen atoms in total. The van der Waals surface area contributed by atoms with E-state index in [-0.39, 0.29) is 19.3 Å². The zero-order valence-electron chi connectivity index (χ0n) is 9.40. The predicted molar refractivity (Wildman–Crippen MR) is 62.5 cm³/mol. The van der Waals surface area contributed by atoms with Gasteiger partial charge in [0.25, 0.3) is 0 Å². The normalized spacial score (nSPS) is 12.6. The van der Waals surface area contributed by atoms with Gasteiger partial charge in [-0.1, -0.05) is 35.5 Å². The lowest BCUT2D eigenvalue weighted by Crippen LogP contribution is -2.15. The first-order valence-electron chi connectivity index (χ1n) is 5.52. The monoisotopic (exact) mass is 233 g/mol. The van der Waals surface area contributed by atoms with Gasteiger partial charge in [0.15, 0.2) is 0 Å². The number of rotatable bonds is 5. The molecule has 2 N–H and O–H groups in total. The summed E-state index contributed by atoms with van der Waals surface area (Å²) in [6.07, 6.45) is 2.23. The van der Waals surface area contributed by atoms with Crippen LogP contribution >= 0.6 is 0 Å². The summed E-state index contributed by atoms with van der Waals surface area (Å²) in [6.45, 7) is 0.0137. The van der Waals surface area contributed by atoms with Gasteiger partial charge in [0, 0.05) is 19.2 Å². The van der Waals surface area contributed by atoms with Crippen molar-refractivity contribution in [3.63, 3.8) is 0 Å². The van der Waals surface area contributed by atoms with Crippen molar-refractivity contribution in [1.29, 1.82) is 0 Å². The quantitative estimate of drug-likeness (QED) is 0.784. The number of hydrogen-bond donors (Lipinski definition) is 2. The van der Waals surface area contributed by atoms with E-state index in [4.69, 9.17) is 5.11 Å². The molecule has 0 spiro atoms. The van der Waals surface area contributed by atoms with Crippen molar-refractivity contribution in [2.75, 3.05) is 13.2 Å². The largest absolute Gasteiger partial charge is 0.396 e. The fraction of sp³-hybridized carbons (Fsp3) is 0.333. The lowest BCUT2D eigenvalue weighted by Gasteiger charge is -2.13. The van der Waals surface area contributed by atoms with E-state index >= 15 is 0 Å². The van der Waals surface area contributed by atoms with E-state index in [1.165, 1.54) is 0 Å². The van der Waals surface area contributed by atoms with Crippen LogP contribution in [0.5, 0.6) is 0 Å². The summed E-state index contributed by atoms with van der Waals surface area (Å²) in [6, 6.07) is 9.42. The molecule has 2 aromatic rings. The molecule has 0 bridgehead atoms. The molecule has 1 aromatic carbocycles. The van der Waals surface area contributed by atoms with Crippen molar-refractivity contribution in [1.82, 2.24) is 15.0 Å². The second-order valence-corrected chi connectivity index (χ2v) is 3.77. The summed E-state index contributed by atoms with van der Waals surface area (Å²) >= 11 is 0. The van der Waals surface area contributed by atoms with Crippen LogP contribution in [0, 0.1) is 0 Å². The zero-order valence-corrected chi connectivity index (χ0v) is 9.40. The highest BCUT2D eigenvalue weighted by Gasteiger charge is 2.14. The molecular weight excluding hydrogens is 218 g/mol. The maximum absolute atomic E-state index is 9.43. The summed E-state index contributed by atoms with van der Waals surface area (Å²) in [5, 5.41) is 26.2. The Morgan fingerprint density at radius 3 is 2.59 bits per heavy atom. The minimum absolute atomic E-state index is 0.0358. The Bertz CT molecular complexity index is 456. The van der Waals surface area contributed by atoms with Gasteiger partial charge in [-0.3, -0.25) is 0 Å². The third kappa shape index (κ3) is 2.69. The Labute approximate surface area is 99.3 Å². The van der Waals surface area contributed by atoms with Crippen LogP contribution < -0.4 is 0 Å². The Kier molecular flexibility index (Phi) is 3.85. The molecule has 0 radical (unpaired) electrons. The second-order valence-electron chi connectivity index (χ2n) is 3.77. The Hall–Kier alpha value is -1.72. The number of aromatic nitrogens is 3. The third-order valence-corrected chi connectivity index (χ3v) is 2.60. The Morgan fingerprint density at radius 2 is 1.94 bits per heavy atom. The van der Waals surface area contributed by atoms with Gasteiger partial charge in [0.1, 0.15) is 6.04 Å². The first kappa shape index (κ1) is 11.8. The number of aliphatic hydroxyl groups is 2. The van der Waals surface area contributed by atoms with Crippen molar-refractivity contribution >= 4 is 0 Å². The van der Waals surface area contributed by atoms with Gasteiger partial charge in [-0.15, -0.1) is 5.10 Å². The number of nitrogens with zero attached hydrogens (tertiary/aromatic N) is 3. The van der Waals surface area contributed by atoms with Gasteiger partial charge in [0.05, 0.1) is 12.3 Å². The van der Waals surface area contributed by atoms with Gasteiger partial charge in [-0.2, -0.15) is 0 Å². The highest BCUT2D eigenvalue weighted by atomic mass is 16.3. The molecule has 1 aromatic heterocycles. The lowest BCUT2D eigenvalue weighted by molar-refractivity contribution is 0.239. The van der Waals surface area contributed by atoms with Crippen LogP contribution in [0.3, 0.4) is 0 Å². The molecule has 0 saturated carbocycles. The fourth-order valence-corrected chi connectivity index (χ4v) is 1.71. The maximum Gasteiger partial charge on any atom is 0.102 e. The standard InChI is InChI=1S/C12H15N3O2/c16-7-6-11-8-15(14-13-11)12(9-17)10-4-2-1-3-5-10/h1-5,8,12,16-17H,6-7,9H2. The summed E-state index contributed by atoms with van der Waals surface area (Å²) in [5.74, 6) is 0. The average Bonchev–Trinajstić information content (AvgIpc) is 2.81. The first-order valence-corrected chi connectivity index (χ1v) is 5.52. The van der Waals surface area contributed by atoms with Crippen molar-refractivity contribution in [3.8, 4) is 0 Å². The van der Waals surface area contributed by atoms with Crippen LogP contribution in [0.15, 0.2) is 36.5 Å². The van der Waals surface area contributed by atoms with Gasteiger partial charge in [-0.25, -0.2) is 4.68 Å². The topological polar surface area (TPSA) is 71.2 Å². The van der Waals surface area contributed by atoms with Crippen LogP contribution in [0.4, 0.5) is 0 Å². The molecular formula is C12H15N3O2. The number of hydrogen-bond acceptors (Lipinski definition) is 4. The van der Waals surface area contributed by atoms with E-state index in [0.717, 1.165) is 11.3 Å². The highest BCUT2D eigenvalue weighted by molar-refractivity contribution is 5.19. The Balaban J connectivity index is 2.23. The van der Waals surface area contributed by atoms with Gasteiger partial charge in [-0.05, 0) is 5.56 Å². The van der Waals surface area contributed by atoms with Crippen LogP contribution in [-0.4, -0.2) is 38.4 Å². The molecule has 5 heteroatoms. The molecule has 0 aliphatic rings. The molecule has 0 aliphatic heterocycles. The fourth-order valence-electron chi connectivity index (χ4n) is 1.71. The molecule has 90 valence electrons. The van der Waals surface area contributed by atoms with E-state index in [1.807, 2.05) is 30.3 Å². The summed E-state index contributed by atoms with van der Waals surface area (Å²) in [4.78, 5) is 0. The van der Waals surface area contributed by atoms with E-state index in [1.54, 1.807) is 10.9 Å². The van der Waals surface area contributed by atoms with Crippen LogP contribution in [0.1, 0.15) is 17.3 Å². The Morgan fingerprint density at radius 1 is 1.18 bits per heavy atom. The molecule has 1 unspecified atom stereocenters. The number of benzene rings is 1. The van der Waals surface area contributed by atoms with Gasteiger partial charge < -0.3 is 10.2 Å². The molecule has 0 aliphatic carbocycles. The lowest BCUT2D eigenvalue weighted by atomic mass is 10.1. The van der Waals surface area contributed by atoms with Gasteiger partial charge in [0.2, 0.25) is 0 Å². The van der Waals surface area contributed by atoms with Crippen molar-refractivity contribution in [3.05, 3.63) is 47.8 Å². The molecule has 2 rings (SSSR count). The second kappa shape index (κ2) is 5.56. The summed E-state index contributed by atoms with van der Waals surface area (Å²) in [7, 11) is 0. The minimum Gasteiger partial charge on any atom is -0.396 e. The summed E-state index contributed by atoms with van der Waals surface area (Å²) in [5.41, 5.74) is 1.71. The third-order valence-electron chi connectivity index (χ3n) is 2.60. The van der Waals surface area contributed by atoms with Crippen molar-refractivity contribution in [2.24, 2.45) is 0 Å². The molecule has 0 fully saturated rings. The highest BCUT2D eigenvalue weighted by Crippen LogP contribution is 2.16. The van der Waals surface area contributed by atoms with Crippen LogP contribution in [0.2, 0.25) is 0 Å². The number of aliphatic hydroxyl groups excluding tert-OH is 2. The molecule has 1 atom stereocenters. The first-order chi connectivity index (χ1) is 8.35. The molecule has 1 heterocycles. The molecule has 17 heavy (non-hydrogen) atoms. The van der Waals surface area contributed by atoms with E-state index in [9.17, 15) is 5.11 Å². The molecule has 0 saturated heterocycles. The SMILES string of the molecule is OCCc1cn(C(CO)c2ccccc2)nn1. The zero-order chi connectivity index (χ0) is 12.1. The molecule has 0 amide bonds. The van der Waals surface area contributed by atoms with Crippen molar-refractivity contribution < 1.29 is 10.2 Å². The predicted octanol–water partition coefficient (Wildman–Crippen LogP) is 0.395.